The minimum absolute atomic E-state index is 0.404. The Balaban J connectivity index is 1.27. The first-order valence-corrected chi connectivity index (χ1v) is 17.4. The highest BCUT2D eigenvalue weighted by Gasteiger charge is 2.52. The van der Waals surface area contributed by atoms with Crippen LogP contribution in [0, 0.1) is 0 Å². The predicted molar refractivity (Wildman–Crippen MR) is 208 cm³/mol. The molecule has 234 valence electrons. The van der Waals surface area contributed by atoms with Gasteiger partial charge in [0.15, 0.2) is 0 Å². The first-order chi connectivity index (χ1) is 24.8. The number of nitrogens with zero attached hydrogens (tertiary/aromatic N) is 1. The molecule has 2 aliphatic carbocycles. The lowest BCUT2D eigenvalue weighted by Gasteiger charge is -2.32. The first kappa shape index (κ1) is 28.6. The van der Waals surface area contributed by atoms with E-state index in [1.165, 1.54) is 72.4 Å². The van der Waals surface area contributed by atoms with Gasteiger partial charge in [0.05, 0.1) is 11.1 Å². The van der Waals surface area contributed by atoms with Crippen molar-refractivity contribution in [1.82, 2.24) is 0 Å². The van der Waals surface area contributed by atoms with Gasteiger partial charge in [0.1, 0.15) is 0 Å². The molecule has 0 amide bonds. The smallest absolute Gasteiger partial charge is 0.0726 e. The number of hydrogen-bond acceptors (Lipinski definition) is 1. The lowest BCUT2D eigenvalue weighted by Crippen LogP contribution is -2.26. The Kier molecular flexibility index (Phi) is 6.47. The van der Waals surface area contributed by atoms with E-state index >= 15 is 0 Å². The topological polar surface area (TPSA) is 3.24 Å². The summed E-state index contributed by atoms with van der Waals surface area (Å²) >= 11 is 0. The third-order valence-corrected chi connectivity index (χ3v) is 10.7. The predicted octanol–water partition coefficient (Wildman–Crippen LogP) is 12.8. The van der Waals surface area contributed by atoms with Crippen molar-refractivity contribution in [3.63, 3.8) is 0 Å². The summed E-state index contributed by atoms with van der Waals surface area (Å²) < 4.78 is 0. The number of hydrogen-bond donors (Lipinski definition) is 0. The van der Waals surface area contributed by atoms with Gasteiger partial charge in [0.2, 0.25) is 0 Å². The van der Waals surface area contributed by atoms with Crippen LogP contribution in [0.3, 0.4) is 0 Å². The third-order valence-electron chi connectivity index (χ3n) is 10.7. The van der Waals surface area contributed by atoms with E-state index in [1.807, 2.05) is 0 Å². The van der Waals surface area contributed by atoms with Crippen LogP contribution in [0.1, 0.15) is 22.3 Å². The van der Waals surface area contributed by atoms with E-state index in [-0.39, 0.29) is 0 Å². The SMILES string of the molecule is c1ccc(-c2cccc(N(c3cccc(-c4ccccc4)c3)c3cccc4c3-c3ccccc3C43c4ccccc4-c4ccccc43)c2)cc1. The molecule has 0 atom stereocenters. The van der Waals surface area contributed by atoms with Crippen molar-refractivity contribution in [2.45, 2.75) is 5.41 Å². The van der Waals surface area contributed by atoms with Crippen LogP contribution in [0.4, 0.5) is 17.1 Å². The molecule has 0 saturated carbocycles. The molecule has 8 aromatic carbocycles. The van der Waals surface area contributed by atoms with Gasteiger partial charge in [-0.05, 0) is 91.5 Å². The Morgan fingerprint density at radius 3 is 1.24 bits per heavy atom. The highest BCUT2D eigenvalue weighted by Crippen LogP contribution is 2.64. The zero-order chi connectivity index (χ0) is 33.1. The van der Waals surface area contributed by atoms with Crippen LogP contribution in [0.15, 0.2) is 200 Å². The molecule has 1 heteroatoms. The summed E-state index contributed by atoms with van der Waals surface area (Å²) in [5.41, 5.74) is 18.4. The Labute approximate surface area is 293 Å². The van der Waals surface area contributed by atoms with Crippen molar-refractivity contribution >= 4 is 17.1 Å². The van der Waals surface area contributed by atoms with Gasteiger partial charge in [-0.15, -0.1) is 0 Å². The molecule has 1 spiro atoms. The third kappa shape index (κ3) is 4.14. The Bertz CT molecular complexity index is 2420. The molecule has 0 N–H and O–H groups in total. The summed E-state index contributed by atoms with van der Waals surface area (Å²) in [5, 5.41) is 0. The molecule has 0 saturated heterocycles. The van der Waals surface area contributed by atoms with Crippen LogP contribution >= 0.6 is 0 Å². The lowest BCUT2D eigenvalue weighted by atomic mass is 9.70. The standard InChI is InChI=1S/C49H33N/c1-3-16-34(17-4-1)36-20-13-22-38(32-36)50(39-23-14-21-37(33-39)35-18-5-2-6-19-35)47-31-15-30-46-48(47)42-26-9-12-29-45(42)49(46)43-27-10-7-24-40(43)41-25-8-11-28-44(41)49/h1-33H. The molecule has 1 nitrogen and oxygen atoms in total. The molecule has 0 heterocycles. The summed E-state index contributed by atoms with van der Waals surface area (Å²) in [6.45, 7) is 0. The van der Waals surface area contributed by atoms with Gasteiger partial charge in [0, 0.05) is 16.9 Å². The summed E-state index contributed by atoms with van der Waals surface area (Å²) in [4.78, 5) is 2.47. The zero-order valence-corrected chi connectivity index (χ0v) is 27.5. The van der Waals surface area contributed by atoms with Crippen molar-refractivity contribution in [3.8, 4) is 44.5 Å². The van der Waals surface area contributed by atoms with Crippen molar-refractivity contribution in [2.24, 2.45) is 0 Å². The zero-order valence-electron chi connectivity index (χ0n) is 27.5. The second-order valence-corrected chi connectivity index (χ2v) is 13.3. The summed E-state index contributed by atoms with van der Waals surface area (Å²) in [7, 11) is 0. The summed E-state index contributed by atoms with van der Waals surface area (Å²) in [6.07, 6.45) is 0. The largest absolute Gasteiger partial charge is 0.310 e. The first-order valence-electron chi connectivity index (χ1n) is 17.4. The van der Waals surface area contributed by atoms with E-state index < -0.39 is 5.41 Å². The average Bonchev–Trinajstić information content (AvgIpc) is 3.67. The van der Waals surface area contributed by atoms with E-state index in [0.717, 1.165) is 11.4 Å². The fraction of sp³-hybridized carbons (Fsp3) is 0.0204. The maximum absolute atomic E-state index is 2.47. The van der Waals surface area contributed by atoms with Crippen LogP contribution in [-0.2, 0) is 5.41 Å². The molecule has 0 aliphatic heterocycles. The molecule has 0 aromatic heterocycles. The van der Waals surface area contributed by atoms with Gasteiger partial charge in [-0.2, -0.15) is 0 Å². The minimum atomic E-state index is -0.404. The molecule has 0 radical (unpaired) electrons. The fourth-order valence-corrected chi connectivity index (χ4v) is 8.65. The van der Waals surface area contributed by atoms with Crippen LogP contribution in [0.5, 0.6) is 0 Å². The molecule has 0 fully saturated rings. The highest BCUT2D eigenvalue weighted by atomic mass is 15.1. The highest BCUT2D eigenvalue weighted by molar-refractivity contribution is 6.01. The molecule has 8 aromatic rings. The molecule has 10 rings (SSSR count). The second-order valence-electron chi connectivity index (χ2n) is 13.3. The van der Waals surface area contributed by atoms with Gasteiger partial charge in [-0.3, -0.25) is 0 Å². The quantitative estimate of drug-likeness (QED) is 0.182. The molecule has 0 unspecified atom stereocenters. The Morgan fingerprint density at radius 2 is 0.700 bits per heavy atom. The van der Waals surface area contributed by atoms with Gasteiger partial charge in [-0.1, -0.05) is 170 Å². The van der Waals surface area contributed by atoms with Crippen LogP contribution < -0.4 is 4.90 Å². The second kappa shape index (κ2) is 11.3. The Hall–Kier alpha value is -6.44. The fourth-order valence-electron chi connectivity index (χ4n) is 8.65. The van der Waals surface area contributed by atoms with E-state index in [4.69, 9.17) is 0 Å². The summed E-state index contributed by atoms with van der Waals surface area (Å²) in [6, 6.07) is 73.4. The molecule has 0 bridgehead atoms. The Morgan fingerprint density at radius 1 is 0.300 bits per heavy atom. The maximum atomic E-state index is 2.47. The van der Waals surface area contributed by atoms with Crippen LogP contribution in [0.25, 0.3) is 44.5 Å². The van der Waals surface area contributed by atoms with Gasteiger partial charge < -0.3 is 4.90 Å². The normalized spacial score (nSPS) is 13.0. The maximum Gasteiger partial charge on any atom is 0.0726 e. The average molecular weight is 636 g/mol. The minimum Gasteiger partial charge on any atom is -0.310 e. The lowest BCUT2D eigenvalue weighted by molar-refractivity contribution is 0.794. The molecular weight excluding hydrogens is 603 g/mol. The van der Waals surface area contributed by atoms with Crippen molar-refractivity contribution < 1.29 is 0 Å². The number of rotatable bonds is 5. The number of anilines is 3. The van der Waals surface area contributed by atoms with E-state index in [1.54, 1.807) is 0 Å². The number of benzene rings is 8. The van der Waals surface area contributed by atoms with E-state index in [0.29, 0.717) is 0 Å². The van der Waals surface area contributed by atoms with Crippen LogP contribution in [0.2, 0.25) is 0 Å². The summed E-state index contributed by atoms with van der Waals surface area (Å²) in [5.74, 6) is 0. The van der Waals surface area contributed by atoms with Crippen molar-refractivity contribution in [3.05, 3.63) is 222 Å². The van der Waals surface area contributed by atoms with E-state index in [2.05, 4.69) is 205 Å². The monoisotopic (exact) mass is 635 g/mol. The molecular formula is C49H33N. The van der Waals surface area contributed by atoms with Gasteiger partial charge >= 0.3 is 0 Å². The van der Waals surface area contributed by atoms with Crippen molar-refractivity contribution in [2.75, 3.05) is 4.90 Å². The van der Waals surface area contributed by atoms with Crippen molar-refractivity contribution in [1.29, 1.82) is 0 Å². The van der Waals surface area contributed by atoms with Crippen LogP contribution in [-0.4, -0.2) is 0 Å². The van der Waals surface area contributed by atoms with E-state index in [9.17, 15) is 0 Å². The number of fused-ring (bicyclic) bond motifs is 10. The molecule has 50 heavy (non-hydrogen) atoms. The van der Waals surface area contributed by atoms with Gasteiger partial charge in [0.25, 0.3) is 0 Å². The molecule has 2 aliphatic rings. The van der Waals surface area contributed by atoms with Gasteiger partial charge in [-0.25, -0.2) is 0 Å².